The highest BCUT2D eigenvalue weighted by Gasteiger charge is 2.58. The molecule has 9 nitrogen and oxygen atoms in total. The average Bonchev–Trinajstić information content (AvgIpc) is 3.12. The lowest BCUT2D eigenvalue weighted by Crippen LogP contribution is -2.57. The summed E-state index contributed by atoms with van der Waals surface area (Å²) in [5, 5.41) is 48.7. The molecule has 2 aromatic rings. The highest BCUT2D eigenvalue weighted by molar-refractivity contribution is 7.53. The van der Waals surface area contributed by atoms with Crippen LogP contribution >= 0.6 is 17.2 Å². The van der Waals surface area contributed by atoms with Crippen molar-refractivity contribution in [1.82, 2.24) is 0 Å². The molecule has 11 heteroatoms. The van der Waals surface area contributed by atoms with E-state index in [1.807, 2.05) is 0 Å². The quantitative estimate of drug-likeness (QED) is 0.0423. The van der Waals surface area contributed by atoms with Gasteiger partial charge in [-0.15, -0.1) is 0 Å². The van der Waals surface area contributed by atoms with Crippen molar-refractivity contribution < 1.29 is 44.3 Å². The second-order valence-corrected chi connectivity index (χ2v) is 22.9. The average molecular weight is 883 g/mol. The number of benzene rings is 2. The van der Waals surface area contributed by atoms with Gasteiger partial charge < -0.3 is 40.0 Å². The van der Waals surface area contributed by atoms with Gasteiger partial charge in [-0.3, -0.25) is 0 Å². The maximum atomic E-state index is 14.3. The summed E-state index contributed by atoms with van der Waals surface area (Å²) in [5.74, 6) is 0. The third-order valence-corrected chi connectivity index (χ3v) is 13.0. The molecule has 0 unspecified atom stereocenters. The zero-order valence-electron chi connectivity index (χ0n) is 40.2. The van der Waals surface area contributed by atoms with Gasteiger partial charge in [0, 0.05) is 0 Å². The molecule has 0 aliphatic rings. The topological polar surface area (TPSA) is 171 Å². The van der Waals surface area contributed by atoms with Crippen LogP contribution in [-0.4, -0.2) is 59.8 Å². The summed E-state index contributed by atoms with van der Waals surface area (Å²) in [6, 6.07) is 9.16. The van der Waals surface area contributed by atoms with Gasteiger partial charge in [0.25, 0.3) is 0 Å². The Hall–Kier alpha value is -1.06. The first-order valence-corrected chi connectivity index (χ1v) is 24.9. The normalized spacial score (nSPS) is 13.3. The molecule has 0 aliphatic carbocycles. The molecule has 0 bridgehead atoms. The molecule has 0 spiro atoms. The first kappa shape index (κ1) is 57.0. The zero-order valence-corrected chi connectivity index (χ0v) is 42.0. The first-order chi connectivity index (χ1) is 27.6. The van der Waals surface area contributed by atoms with E-state index in [4.69, 9.17) is 19.6 Å². The van der Waals surface area contributed by atoms with Gasteiger partial charge in [-0.25, -0.2) is 4.31 Å². The Kier molecular flexibility index (Phi) is 23.6. The Balaban J connectivity index is 0.00000235. The molecule has 8 N–H and O–H groups in total. The van der Waals surface area contributed by atoms with E-state index in [-0.39, 0.29) is 0 Å². The Morgan fingerprint density at radius 1 is 0.433 bits per heavy atom. The summed E-state index contributed by atoms with van der Waals surface area (Å²) in [4.78, 5) is 31.3. The fraction of sp³-hybridized carbons (Fsp3) is 0.755. The lowest BCUT2D eigenvalue weighted by atomic mass is 9.56. The highest BCUT2D eigenvalue weighted by atomic mass is 31.2. The second kappa shape index (κ2) is 24.9. The molecule has 0 saturated heterocycles. The largest absolute Gasteiger partial charge is 0.395 e. The van der Waals surface area contributed by atoms with Crippen LogP contribution in [0.15, 0.2) is 24.3 Å². The standard InChI is InChI=1S/C49H84O4.H4O5P2/c1-15-17-19-21-23-25-27-36-29-38(44(3,4)5)42(39(30-36)45(6,7)8)49(53,48(33-50,34-51)35-52)43-40(46(9,10)11)31-37(32-41(43)47(12,13)14)28-26-24-22-20-18-16-2;1-6(2)5-7(3)4/h29-32,50-53H,15-28,33-35H2,1-14H3;1-4H. The van der Waals surface area contributed by atoms with Crippen molar-refractivity contribution in [3.05, 3.63) is 68.8 Å². The predicted octanol–water partition coefficient (Wildman–Crippen LogP) is 11.3. The number of unbranched alkanes of at least 4 members (excludes halogenated alkanes) is 10. The molecule has 0 heterocycles. The van der Waals surface area contributed by atoms with Crippen LogP contribution < -0.4 is 0 Å². The summed E-state index contributed by atoms with van der Waals surface area (Å²) in [5.41, 5.74) is 2.76. The minimum Gasteiger partial charge on any atom is -0.395 e. The van der Waals surface area contributed by atoms with E-state index in [9.17, 15) is 20.4 Å². The van der Waals surface area contributed by atoms with Crippen LogP contribution in [0.25, 0.3) is 0 Å². The van der Waals surface area contributed by atoms with Crippen molar-refractivity contribution >= 4 is 17.2 Å². The van der Waals surface area contributed by atoms with E-state index >= 15 is 0 Å². The van der Waals surface area contributed by atoms with Crippen LogP contribution in [0.4, 0.5) is 0 Å². The second-order valence-electron chi connectivity index (χ2n) is 21.2. The van der Waals surface area contributed by atoms with Crippen molar-refractivity contribution in [1.29, 1.82) is 0 Å². The maximum absolute atomic E-state index is 14.3. The maximum Gasteiger partial charge on any atom is 0.334 e. The third-order valence-electron chi connectivity index (χ3n) is 11.8. The van der Waals surface area contributed by atoms with Gasteiger partial charge in [0.15, 0.2) is 0 Å². The minimum absolute atomic E-state index is 0.395. The fourth-order valence-corrected chi connectivity index (χ4v) is 8.79. The number of hydrogen-bond donors (Lipinski definition) is 8. The van der Waals surface area contributed by atoms with Crippen LogP contribution in [-0.2, 0) is 44.4 Å². The predicted molar refractivity (Wildman–Crippen MR) is 252 cm³/mol. The molecule has 0 aromatic heterocycles. The van der Waals surface area contributed by atoms with Gasteiger partial charge in [-0.2, -0.15) is 0 Å². The van der Waals surface area contributed by atoms with Crippen LogP contribution in [0, 0.1) is 5.41 Å². The molecule has 0 aliphatic heterocycles. The molecule has 0 atom stereocenters. The van der Waals surface area contributed by atoms with Crippen molar-refractivity contribution in [3.63, 3.8) is 0 Å². The summed E-state index contributed by atoms with van der Waals surface area (Å²) in [7, 11) is -5.22. The smallest absolute Gasteiger partial charge is 0.334 e. The van der Waals surface area contributed by atoms with Crippen molar-refractivity contribution in [2.45, 2.75) is 214 Å². The lowest BCUT2D eigenvalue weighted by Gasteiger charge is -2.52. The Labute approximate surface area is 368 Å². The molecule has 60 heavy (non-hydrogen) atoms. The summed E-state index contributed by atoms with van der Waals surface area (Å²) >= 11 is 0. The number of hydrogen-bond acceptors (Lipinski definition) is 9. The molecule has 2 rings (SSSR count). The van der Waals surface area contributed by atoms with Gasteiger partial charge in [-0.1, -0.05) is 185 Å². The van der Waals surface area contributed by atoms with Crippen LogP contribution in [0.5, 0.6) is 0 Å². The Morgan fingerprint density at radius 3 is 0.883 bits per heavy atom. The lowest BCUT2D eigenvalue weighted by molar-refractivity contribution is -0.138. The van der Waals surface area contributed by atoms with Gasteiger partial charge in [0.2, 0.25) is 0 Å². The van der Waals surface area contributed by atoms with Crippen LogP contribution in [0.1, 0.15) is 218 Å². The van der Waals surface area contributed by atoms with E-state index in [1.165, 1.54) is 75.3 Å². The summed E-state index contributed by atoms with van der Waals surface area (Å²) in [6.07, 6.45) is 16.6. The SMILES string of the molecule is CCCCCCCCc1cc(C(C)(C)C)c(C(O)(c2c(C(C)(C)C)cc(CCCCCCCC)cc2C(C)(C)C)C(CO)(CO)CO)c(C(C)(C)C)c1.OP(O)OP(O)O. The van der Waals surface area contributed by atoms with Crippen molar-refractivity contribution in [3.8, 4) is 0 Å². The number of rotatable bonds is 22. The monoisotopic (exact) mass is 883 g/mol. The fourth-order valence-electron chi connectivity index (χ4n) is 8.27. The van der Waals surface area contributed by atoms with E-state index < -0.39 is 69.7 Å². The van der Waals surface area contributed by atoms with E-state index in [2.05, 4.69) is 126 Å². The number of aliphatic hydroxyl groups is 4. The van der Waals surface area contributed by atoms with Gasteiger partial charge >= 0.3 is 17.2 Å². The molecule has 0 radical (unpaired) electrons. The molecule has 348 valence electrons. The van der Waals surface area contributed by atoms with Gasteiger partial charge in [0.1, 0.15) is 5.60 Å². The summed E-state index contributed by atoms with van der Waals surface area (Å²) in [6.45, 7) is 29.1. The Morgan fingerprint density at radius 2 is 0.683 bits per heavy atom. The zero-order chi connectivity index (χ0) is 46.3. The molecule has 0 saturated carbocycles. The highest BCUT2D eigenvalue weighted by Crippen LogP contribution is 2.56. The molecular formula is C49H88O9P2. The Bertz CT molecular complexity index is 1360. The molecule has 0 amide bonds. The van der Waals surface area contributed by atoms with Crippen LogP contribution in [0.3, 0.4) is 0 Å². The van der Waals surface area contributed by atoms with Crippen molar-refractivity contribution in [2.75, 3.05) is 19.8 Å². The molecular weight excluding hydrogens is 794 g/mol. The molecule has 2 aromatic carbocycles. The van der Waals surface area contributed by atoms with Gasteiger partial charge in [0.05, 0.1) is 25.2 Å². The minimum atomic E-state index is -2.61. The third kappa shape index (κ3) is 16.2. The van der Waals surface area contributed by atoms with E-state index in [1.54, 1.807) is 0 Å². The van der Waals surface area contributed by atoms with Crippen LogP contribution in [0.2, 0.25) is 0 Å². The number of aliphatic hydroxyl groups excluding tert-OH is 3. The summed E-state index contributed by atoms with van der Waals surface area (Å²) < 4.78 is 3.60. The van der Waals surface area contributed by atoms with E-state index in [0.717, 1.165) is 59.1 Å². The molecule has 0 fully saturated rings. The van der Waals surface area contributed by atoms with Gasteiger partial charge in [-0.05, 0) is 91.9 Å². The first-order valence-electron chi connectivity index (χ1n) is 22.6. The number of aryl methyl sites for hydroxylation is 2. The van der Waals surface area contributed by atoms with E-state index in [0.29, 0.717) is 0 Å². The van der Waals surface area contributed by atoms with Crippen molar-refractivity contribution in [2.24, 2.45) is 5.41 Å².